The molecule has 0 aliphatic carbocycles. The zero-order valence-corrected chi connectivity index (χ0v) is 17.1. The van der Waals surface area contributed by atoms with E-state index >= 15 is 0 Å². The van der Waals surface area contributed by atoms with Crippen LogP contribution >= 0.6 is 0 Å². The Balaban J connectivity index is 1.75. The highest BCUT2D eigenvalue weighted by molar-refractivity contribution is 5.86. The van der Waals surface area contributed by atoms with E-state index in [0.717, 1.165) is 25.7 Å². The van der Waals surface area contributed by atoms with Gasteiger partial charge in [0.25, 0.3) is 0 Å². The van der Waals surface area contributed by atoms with Gasteiger partial charge in [0, 0.05) is 6.61 Å². The number of nitrogens with one attached hydrogen (secondary N) is 1. The van der Waals surface area contributed by atoms with Crippen LogP contribution in [0.5, 0.6) is 17.2 Å². The number of hydrogen-bond donors (Lipinski definition) is 1. The van der Waals surface area contributed by atoms with Crippen LogP contribution in [0.15, 0.2) is 18.5 Å². The Morgan fingerprint density at radius 2 is 1.90 bits per heavy atom. The molecule has 0 amide bonds. The predicted molar refractivity (Wildman–Crippen MR) is 108 cm³/mol. The second kappa shape index (κ2) is 8.70. The fraction of sp³-hybridized carbons (Fsp3) is 0.450. The number of ether oxygens (including phenoxy) is 4. The Kier molecular flexibility index (Phi) is 5.84. The van der Waals surface area contributed by atoms with Crippen LogP contribution in [0.1, 0.15) is 31.9 Å². The van der Waals surface area contributed by atoms with Gasteiger partial charge in [-0.3, -0.25) is 4.57 Å². The number of fused-ring (bicyclic) bond motifs is 1. The first-order valence-electron chi connectivity index (χ1n) is 9.74. The number of rotatable bonds is 6. The Morgan fingerprint density at radius 1 is 1.07 bits per heavy atom. The largest absolute Gasteiger partial charge is 0.493 e. The summed E-state index contributed by atoms with van der Waals surface area (Å²) in [5, 5.41) is 3.09. The SMILES string of the molecule is COc1ccc(Nc2nc(F)nc3c2ncn3C2CCCCCO2)c(OC)c1OC. The number of methoxy groups -OCH3 is 3. The molecule has 160 valence electrons. The van der Waals surface area contributed by atoms with Gasteiger partial charge in [-0.05, 0) is 31.4 Å². The summed E-state index contributed by atoms with van der Waals surface area (Å²) < 4.78 is 38.2. The lowest BCUT2D eigenvalue weighted by atomic mass is 10.2. The molecule has 1 aliphatic heterocycles. The van der Waals surface area contributed by atoms with Crippen molar-refractivity contribution in [2.45, 2.75) is 31.9 Å². The zero-order valence-electron chi connectivity index (χ0n) is 17.1. The summed E-state index contributed by atoms with van der Waals surface area (Å²) in [6, 6.07) is 3.45. The maximum atomic E-state index is 14.3. The van der Waals surface area contributed by atoms with Crippen LogP contribution in [-0.2, 0) is 4.74 Å². The number of hydrogen-bond acceptors (Lipinski definition) is 8. The molecule has 30 heavy (non-hydrogen) atoms. The van der Waals surface area contributed by atoms with Gasteiger partial charge in [0.1, 0.15) is 6.23 Å². The van der Waals surface area contributed by atoms with Crippen molar-refractivity contribution in [2.75, 3.05) is 33.3 Å². The topological polar surface area (TPSA) is 92.6 Å². The average Bonchev–Trinajstić information content (AvgIpc) is 2.99. The van der Waals surface area contributed by atoms with E-state index in [2.05, 4.69) is 20.3 Å². The molecule has 0 saturated carbocycles. The number of imidazole rings is 1. The Bertz CT molecular complexity index is 1030. The van der Waals surface area contributed by atoms with Crippen molar-refractivity contribution in [1.29, 1.82) is 0 Å². The van der Waals surface area contributed by atoms with Crippen molar-refractivity contribution in [1.82, 2.24) is 19.5 Å². The minimum Gasteiger partial charge on any atom is -0.493 e. The number of nitrogens with zero attached hydrogens (tertiary/aromatic N) is 4. The van der Waals surface area contributed by atoms with Crippen molar-refractivity contribution in [3.05, 3.63) is 24.5 Å². The van der Waals surface area contributed by atoms with E-state index in [4.69, 9.17) is 18.9 Å². The summed E-state index contributed by atoms with van der Waals surface area (Å²) >= 11 is 0. The van der Waals surface area contributed by atoms with E-state index in [1.54, 1.807) is 23.0 Å². The van der Waals surface area contributed by atoms with Crippen molar-refractivity contribution in [3.63, 3.8) is 0 Å². The zero-order chi connectivity index (χ0) is 21.1. The van der Waals surface area contributed by atoms with Crippen LogP contribution in [0, 0.1) is 6.08 Å². The lowest BCUT2D eigenvalue weighted by molar-refractivity contribution is 0.00928. The molecule has 4 rings (SSSR count). The number of anilines is 2. The predicted octanol–water partition coefficient (Wildman–Crippen LogP) is 3.82. The molecule has 2 aromatic heterocycles. The van der Waals surface area contributed by atoms with Crippen LogP contribution in [0.4, 0.5) is 15.9 Å². The van der Waals surface area contributed by atoms with Crippen LogP contribution < -0.4 is 19.5 Å². The summed E-state index contributed by atoms with van der Waals surface area (Å²) in [5.41, 5.74) is 1.33. The standard InChI is InChI=1S/C20H24FN5O4/c1-27-13-9-8-12(16(28-2)17(13)29-3)23-18-15-19(25-20(21)24-18)26(11-22-15)14-7-5-4-6-10-30-14/h8-9,11,14H,4-7,10H2,1-3H3,(H,23,24,25). The molecule has 1 atom stereocenters. The normalized spacial score (nSPS) is 16.9. The molecule has 1 unspecified atom stereocenters. The summed E-state index contributed by atoms with van der Waals surface area (Å²) in [4.78, 5) is 12.3. The highest BCUT2D eigenvalue weighted by atomic mass is 19.1. The molecule has 3 aromatic rings. The molecular formula is C20H24FN5O4. The fourth-order valence-corrected chi connectivity index (χ4v) is 3.64. The molecule has 1 fully saturated rings. The number of aromatic nitrogens is 4. The second-order valence-electron chi connectivity index (χ2n) is 6.85. The van der Waals surface area contributed by atoms with Crippen molar-refractivity contribution in [3.8, 4) is 17.2 Å². The highest BCUT2D eigenvalue weighted by Gasteiger charge is 2.22. The fourth-order valence-electron chi connectivity index (χ4n) is 3.64. The first-order valence-corrected chi connectivity index (χ1v) is 9.74. The van der Waals surface area contributed by atoms with E-state index in [9.17, 15) is 4.39 Å². The van der Waals surface area contributed by atoms with Crippen LogP contribution in [0.25, 0.3) is 11.2 Å². The maximum Gasteiger partial charge on any atom is 0.312 e. The smallest absolute Gasteiger partial charge is 0.312 e. The minimum atomic E-state index is -0.861. The van der Waals surface area contributed by atoms with Gasteiger partial charge in [0.05, 0.1) is 33.3 Å². The molecule has 0 radical (unpaired) electrons. The summed E-state index contributed by atoms with van der Waals surface area (Å²) in [7, 11) is 4.56. The summed E-state index contributed by atoms with van der Waals surface area (Å²) in [6.07, 6.45) is 4.51. The van der Waals surface area contributed by atoms with Gasteiger partial charge in [0.15, 0.2) is 28.5 Å². The molecule has 0 bridgehead atoms. The summed E-state index contributed by atoms with van der Waals surface area (Å²) in [6.45, 7) is 0.659. The van der Waals surface area contributed by atoms with Crippen molar-refractivity contribution < 1.29 is 23.3 Å². The quantitative estimate of drug-likeness (QED) is 0.605. The van der Waals surface area contributed by atoms with Gasteiger partial charge in [-0.15, -0.1) is 0 Å². The monoisotopic (exact) mass is 417 g/mol. The van der Waals surface area contributed by atoms with Gasteiger partial charge in [0.2, 0.25) is 5.75 Å². The van der Waals surface area contributed by atoms with E-state index in [-0.39, 0.29) is 12.0 Å². The Labute approximate surface area is 173 Å². The first kappa shape index (κ1) is 20.1. The van der Waals surface area contributed by atoms with Gasteiger partial charge in [-0.2, -0.15) is 14.4 Å². The van der Waals surface area contributed by atoms with Crippen molar-refractivity contribution >= 4 is 22.7 Å². The van der Waals surface area contributed by atoms with Crippen LogP contribution in [0.2, 0.25) is 0 Å². The molecular weight excluding hydrogens is 393 g/mol. The summed E-state index contributed by atoms with van der Waals surface area (Å²) in [5.74, 6) is 1.54. The molecule has 1 saturated heterocycles. The Hall–Kier alpha value is -3.14. The van der Waals surface area contributed by atoms with Crippen LogP contribution in [0.3, 0.4) is 0 Å². The van der Waals surface area contributed by atoms with E-state index in [1.165, 1.54) is 21.3 Å². The number of halogens is 1. The third-order valence-corrected chi connectivity index (χ3v) is 5.07. The van der Waals surface area contributed by atoms with Gasteiger partial charge >= 0.3 is 6.08 Å². The lowest BCUT2D eigenvalue weighted by Gasteiger charge is -2.17. The number of benzene rings is 1. The minimum absolute atomic E-state index is 0.218. The second-order valence-corrected chi connectivity index (χ2v) is 6.85. The molecule has 0 spiro atoms. The molecule has 1 aliphatic rings. The van der Waals surface area contributed by atoms with E-state index in [1.807, 2.05) is 0 Å². The van der Waals surface area contributed by atoms with E-state index in [0.29, 0.717) is 40.7 Å². The molecule has 1 aromatic carbocycles. The van der Waals surface area contributed by atoms with Gasteiger partial charge in [-0.1, -0.05) is 6.42 Å². The average molecular weight is 417 g/mol. The third kappa shape index (κ3) is 3.70. The maximum absolute atomic E-state index is 14.3. The molecule has 9 nitrogen and oxygen atoms in total. The van der Waals surface area contributed by atoms with Gasteiger partial charge in [-0.25, -0.2) is 4.98 Å². The highest BCUT2D eigenvalue weighted by Crippen LogP contribution is 2.43. The van der Waals surface area contributed by atoms with Crippen molar-refractivity contribution in [2.24, 2.45) is 0 Å². The third-order valence-electron chi connectivity index (χ3n) is 5.07. The molecule has 1 N–H and O–H groups in total. The molecule has 10 heteroatoms. The lowest BCUT2D eigenvalue weighted by Crippen LogP contribution is -2.12. The first-order chi connectivity index (χ1) is 14.7. The van der Waals surface area contributed by atoms with Crippen LogP contribution in [-0.4, -0.2) is 47.5 Å². The van der Waals surface area contributed by atoms with Gasteiger partial charge < -0.3 is 24.3 Å². The van der Waals surface area contributed by atoms with E-state index < -0.39 is 6.08 Å². The Morgan fingerprint density at radius 3 is 2.67 bits per heavy atom. The molecule has 3 heterocycles.